The summed E-state index contributed by atoms with van der Waals surface area (Å²) in [6.45, 7) is 0. The number of phenolic OH excluding ortho intramolecular Hbond substituents is 2. The number of hydrogen-bond acceptors (Lipinski definition) is 6. The Hall–Kier alpha value is -1.45. The van der Waals surface area contributed by atoms with Gasteiger partial charge in [-0.3, -0.25) is 4.55 Å². The molecular weight excluding hydrogens is 307 g/mol. The average Bonchev–Trinajstić information content (AvgIpc) is 2.37. The molecule has 0 aromatic heterocycles. The predicted octanol–water partition coefficient (Wildman–Crippen LogP) is 2.11. The van der Waals surface area contributed by atoms with E-state index in [9.17, 15) is 13.5 Å². The molecule has 0 saturated carbocycles. The first-order valence-corrected chi connectivity index (χ1v) is 6.81. The van der Waals surface area contributed by atoms with Crippen molar-refractivity contribution in [1.82, 2.24) is 0 Å². The SMILES string of the molecule is O=S(=O)(O)c1ccc(/N=N/c2ccc(O)cc2O)cc1.[NaH]. The normalized spacial score (nSPS) is 11.3. The Balaban J connectivity index is 0.00000220. The van der Waals surface area contributed by atoms with Crippen LogP contribution in [0.1, 0.15) is 0 Å². The molecule has 0 amide bonds. The molecule has 7 nitrogen and oxygen atoms in total. The number of rotatable bonds is 3. The van der Waals surface area contributed by atoms with Crippen LogP contribution in [-0.4, -0.2) is 52.7 Å². The first kappa shape index (κ1) is 17.6. The number of azo groups is 1. The summed E-state index contributed by atoms with van der Waals surface area (Å²) in [5, 5.41) is 26.2. The molecule has 0 aliphatic heterocycles. The van der Waals surface area contributed by atoms with E-state index in [4.69, 9.17) is 9.66 Å². The third kappa shape index (κ3) is 4.80. The molecular formula is C12H11N2NaO5S. The van der Waals surface area contributed by atoms with E-state index in [0.717, 1.165) is 6.07 Å². The van der Waals surface area contributed by atoms with Crippen molar-refractivity contribution in [2.75, 3.05) is 0 Å². The Labute approximate surface area is 143 Å². The van der Waals surface area contributed by atoms with Crippen molar-refractivity contribution in [3.05, 3.63) is 42.5 Å². The maximum absolute atomic E-state index is 10.8. The first-order valence-electron chi connectivity index (χ1n) is 5.37. The van der Waals surface area contributed by atoms with Gasteiger partial charge in [0.25, 0.3) is 10.1 Å². The van der Waals surface area contributed by atoms with Crippen LogP contribution in [0.25, 0.3) is 0 Å². The number of phenols is 2. The topological polar surface area (TPSA) is 120 Å². The summed E-state index contributed by atoms with van der Waals surface area (Å²) in [5.41, 5.74) is 0.492. The van der Waals surface area contributed by atoms with Gasteiger partial charge in [0, 0.05) is 6.07 Å². The molecule has 0 heterocycles. The molecule has 0 saturated heterocycles. The molecule has 3 N–H and O–H groups in total. The van der Waals surface area contributed by atoms with Crippen molar-refractivity contribution in [3.63, 3.8) is 0 Å². The summed E-state index contributed by atoms with van der Waals surface area (Å²) in [4.78, 5) is -0.246. The molecule has 106 valence electrons. The fourth-order valence-corrected chi connectivity index (χ4v) is 1.87. The van der Waals surface area contributed by atoms with Crippen LogP contribution in [0.5, 0.6) is 11.5 Å². The van der Waals surface area contributed by atoms with Gasteiger partial charge in [-0.05, 0) is 36.4 Å². The first-order chi connectivity index (χ1) is 9.36. The van der Waals surface area contributed by atoms with Crippen molar-refractivity contribution in [3.8, 4) is 11.5 Å². The number of hydrogen-bond donors (Lipinski definition) is 3. The zero-order valence-corrected chi connectivity index (χ0v) is 10.8. The Kier molecular flexibility index (Phi) is 5.87. The zero-order valence-electron chi connectivity index (χ0n) is 10.0. The van der Waals surface area contributed by atoms with Crippen LogP contribution in [0.4, 0.5) is 11.4 Å². The molecule has 0 fully saturated rings. The van der Waals surface area contributed by atoms with Crippen molar-refractivity contribution < 1.29 is 23.2 Å². The Morgan fingerprint density at radius 1 is 0.905 bits per heavy atom. The fourth-order valence-electron chi connectivity index (χ4n) is 1.39. The van der Waals surface area contributed by atoms with Gasteiger partial charge in [-0.2, -0.15) is 13.5 Å². The Morgan fingerprint density at radius 2 is 1.52 bits per heavy atom. The number of aromatic hydroxyl groups is 2. The molecule has 0 spiro atoms. The summed E-state index contributed by atoms with van der Waals surface area (Å²) in [5.74, 6) is -0.331. The van der Waals surface area contributed by atoms with Crippen molar-refractivity contribution in [2.24, 2.45) is 10.2 Å². The number of nitrogens with zero attached hydrogens (tertiary/aromatic N) is 2. The van der Waals surface area contributed by atoms with Gasteiger partial charge in [-0.1, -0.05) is 0 Å². The van der Waals surface area contributed by atoms with E-state index in [2.05, 4.69) is 10.2 Å². The summed E-state index contributed by atoms with van der Waals surface area (Å²) >= 11 is 0. The molecule has 2 aromatic carbocycles. The van der Waals surface area contributed by atoms with E-state index in [0.29, 0.717) is 5.69 Å². The molecule has 2 rings (SSSR count). The fraction of sp³-hybridized carbons (Fsp3) is 0. The number of benzene rings is 2. The minimum absolute atomic E-state index is 0. The van der Waals surface area contributed by atoms with Gasteiger partial charge in [0.05, 0.1) is 10.6 Å². The van der Waals surface area contributed by atoms with Crippen molar-refractivity contribution in [2.45, 2.75) is 4.90 Å². The van der Waals surface area contributed by atoms with Crippen LogP contribution in [0.2, 0.25) is 0 Å². The standard InChI is InChI=1S/C12H10N2O5S.Na.H/c15-9-3-6-11(12(16)7-9)14-13-8-1-4-10(5-2-8)20(17,18)19;;/h1-7,15-16H,(H,17,18,19);;/b14-13+;;. The molecule has 0 aliphatic carbocycles. The van der Waals surface area contributed by atoms with Crippen molar-refractivity contribution in [1.29, 1.82) is 0 Å². The minimum atomic E-state index is -4.24. The molecule has 2 aromatic rings. The predicted molar refractivity (Wildman–Crippen MR) is 77.4 cm³/mol. The van der Waals surface area contributed by atoms with Crippen LogP contribution in [0.3, 0.4) is 0 Å². The van der Waals surface area contributed by atoms with E-state index in [1.807, 2.05) is 0 Å². The molecule has 0 bridgehead atoms. The average molecular weight is 318 g/mol. The summed E-state index contributed by atoms with van der Waals surface area (Å²) in [6.07, 6.45) is 0. The van der Waals surface area contributed by atoms with E-state index in [1.165, 1.54) is 36.4 Å². The van der Waals surface area contributed by atoms with Crippen LogP contribution in [0.15, 0.2) is 57.6 Å². The van der Waals surface area contributed by atoms with E-state index in [-0.39, 0.29) is 51.6 Å². The van der Waals surface area contributed by atoms with E-state index >= 15 is 0 Å². The summed E-state index contributed by atoms with van der Waals surface area (Å²) in [7, 11) is -4.24. The Morgan fingerprint density at radius 3 is 2.05 bits per heavy atom. The van der Waals surface area contributed by atoms with Gasteiger partial charge in [-0.25, -0.2) is 0 Å². The Bertz CT molecular complexity index is 760. The van der Waals surface area contributed by atoms with Gasteiger partial charge >= 0.3 is 29.6 Å². The summed E-state index contributed by atoms with van der Waals surface area (Å²) in [6, 6.07) is 8.90. The van der Waals surface area contributed by atoms with E-state index in [1.54, 1.807) is 0 Å². The zero-order chi connectivity index (χ0) is 14.8. The third-order valence-electron chi connectivity index (χ3n) is 2.37. The monoisotopic (exact) mass is 318 g/mol. The molecule has 0 unspecified atom stereocenters. The van der Waals surface area contributed by atoms with Gasteiger partial charge in [0.15, 0.2) is 0 Å². The van der Waals surface area contributed by atoms with Crippen LogP contribution >= 0.6 is 0 Å². The van der Waals surface area contributed by atoms with Crippen LogP contribution in [0, 0.1) is 0 Å². The van der Waals surface area contributed by atoms with Crippen LogP contribution < -0.4 is 0 Å². The molecule has 0 atom stereocenters. The third-order valence-corrected chi connectivity index (χ3v) is 3.23. The quantitative estimate of drug-likeness (QED) is 0.455. The molecule has 9 heteroatoms. The summed E-state index contributed by atoms with van der Waals surface area (Å²) < 4.78 is 30.5. The second kappa shape index (κ2) is 7.01. The second-order valence-corrected chi connectivity index (χ2v) is 5.26. The molecule has 21 heavy (non-hydrogen) atoms. The van der Waals surface area contributed by atoms with E-state index < -0.39 is 10.1 Å². The van der Waals surface area contributed by atoms with Crippen molar-refractivity contribution >= 4 is 51.1 Å². The second-order valence-electron chi connectivity index (χ2n) is 3.84. The van der Waals surface area contributed by atoms with Gasteiger partial charge in [0.1, 0.15) is 17.2 Å². The van der Waals surface area contributed by atoms with Gasteiger partial charge in [0.2, 0.25) is 0 Å². The van der Waals surface area contributed by atoms with Gasteiger partial charge < -0.3 is 10.2 Å². The molecule has 0 radical (unpaired) electrons. The van der Waals surface area contributed by atoms with Gasteiger partial charge in [-0.15, -0.1) is 5.11 Å². The maximum atomic E-state index is 10.8. The molecule has 0 aliphatic rings. The van der Waals surface area contributed by atoms with Crippen LogP contribution in [-0.2, 0) is 10.1 Å².